The van der Waals surface area contributed by atoms with E-state index in [-0.39, 0.29) is 5.91 Å². The van der Waals surface area contributed by atoms with Gasteiger partial charge in [0.05, 0.1) is 14.2 Å². The summed E-state index contributed by atoms with van der Waals surface area (Å²) in [5.74, 6) is 1.22. The first-order valence-corrected chi connectivity index (χ1v) is 7.73. The van der Waals surface area contributed by atoms with Crippen molar-refractivity contribution in [3.05, 3.63) is 53.6 Å². The average molecular weight is 313 g/mol. The molecule has 0 heterocycles. The first kappa shape index (κ1) is 16.9. The van der Waals surface area contributed by atoms with E-state index in [1.807, 2.05) is 24.3 Å². The molecule has 1 N–H and O–H groups in total. The van der Waals surface area contributed by atoms with E-state index in [1.54, 1.807) is 18.2 Å². The van der Waals surface area contributed by atoms with Crippen molar-refractivity contribution in [1.82, 2.24) is 0 Å². The van der Waals surface area contributed by atoms with Gasteiger partial charge in [-0.25, -0.2) is 0 Å². The van der Waals surface area contributed by atoms with E-state index in [2.05, 4.69) is 19.2 Å². The van der Waals surface area contributed by atoms with Crippen molar-refractivity contribution in [2.75, 3.05) is 19.5 Å². The van der Waals surface area contributed by atoms with Crippen LogP contribution >= 0.6 is 0 Å². The lowest BCUT2D eigenvalue weighted by Crippen LogP contribution is -2.14. The summed E-state index contributed by atoms with van der Waals surface area (Å²) in [7, 11) is 3.07. The highest BCUT2D eigenvalue weighted by atomic mass is 16.5. The van der Waals surface area contributed by atoms with Gasteiger partial charge in [0.25, 0.3) is 5.91 Å². The largest absolute Gasteiger partial charge is 0.496 e. The minimum absolute atomic E-state index is 0.254. The van der Waals surface area contributed by atoms with Gasteiger partial charge < -0.3 is 14.8 Å². The summed E-state index contributed by atoms with van der Waals surface area (Å²) in [5.41, 5.74) is 2.40. The maximum atomic E-state index is 12.6. The monoisotopic (exact) mass is 313 g/mol. The van der Waals surface area contributed by atoms with Gasteiger partial charge >= 0.3 is 0 Å². The van der Waals surface area contributed by atoms with Crippen molar-refractivity contribution in [1.29, 1.82) is 0 Å². The Labute approximate surface area is 137 Å². The third kappa shape index (κ3) is 3.83. The smallest absolute Gasteiger partial charge is 0.263 e. The zero-order valence-electron chi connectivity index (χ0n) is 14.1. The summed E-state index contributed by atoms with van der Waals surface area (Å²) >= 11 is 0. The second-order valence-corrected chi connectivity index (χ2v) is 5.42. The molecule has 0 fully saturated rings. The molecule has 0 aliphatic rings. The molecule has 0 aromatic heterocycles. The van der Waals surface area contributed by atoms with Crippen LogP contribution in [-0.2, 0) is 0 Å². The van der Waals surface area contributed by atoms with Gasteiger partial charge in [-0.05, 0) is 42.2 Å². The number of benzene rings is 2. The maximum Gasteiger partial charge on any atom is 0.263 e. The van der Waals surface area contributed by atoms with Crippen molar-refractivity contribution in [3.8, 4) is 11.5 Å². The number of methoxy groups -OCH3 is 2. The van der Waals surface area contributed by atoms with Gasteiger partial charge in [0.1, 0.15) is 17.1 Å². The molecule has 1 amide bonds. The molecule has 122 valence electrons. The highest BCUT2D eigenvalue weighted by molar-refractivity contribution is 6.08. The van der Waals surface area contributed by atoms with E-state index in [0.29, 0.717) is 23.0 Å². The predicted octanol–water partition coefficient (Wildman–Crippen LogP) is 4.47. The van der Waals surface area contributed by atoms with Gasteiger partial charge in [0.2, 0.25) is 0 Å². The van der Waals surface area contributed by atoms with E-state index in [0.717, 1.165) is 12.1 Å². The minimum Gasteiger partial charge on any atom is -0.496 e. The van der Waals surface area contributed by atoms with Crippen molar-refractivity contribution < 1.29 is 14.3 Å². The van der Waals surface area contributed by atoms with Crippen LogP contribution in [0.4, 0.5) is 5.69 Å². The molecule has 0 bridgehead atoms. The minimum atomic E-state index is -0.254. The van der Waals surface area contributed by atoms with Gasteiger partial charge in [0, 0.05) is 5.69 Å². The molecule has 0 unspecified atom stereocenters. The fourth-order valence-electron chi connectivity index (χ4n) is 2.40. The highest BCUT2D eigenvalue weighted by Gasteiger charge is 2.18. The van der Waals surface area contributed by atoms with E-state index >= 15 is 0 Å². The molecule has 0 aliphatic carbocycles. The van der Waals surface area contributed by atoms with Crippen LogP contribution in [-0.4, -0.2) is 20.1 Å². The lowest BCUT2D eigenvalue weighted by Gasteiger charge is -2.14. The maximum absolute atomic E-state index is 12.6. The van der Waals surface area contributed by atoms with Crippen molar-refractivity contribution >= 4 is 11.6 Å². The molecule has 0 spiro atoms. The van der Waals surface area contributed by atoms with E-state index in [1.165, 1.54) is 19.8 Å². The van der Waals surface area contributed by atoms with Crippen molar-refractivity contribution in [2.24, 2.45) is 0 Å². The number of ether oxygens (including phenoxy) is 2. The molecular weight excluding hydrogens is 290 g/mol. The first-order chi connectivity index (χ1) is 11.1. The summed E-state index contributed by atoms with van der Waals surface area (Å²) in [5, 5.41) is 2.89. The fraction of sp³-hybridized carbons (Fsp3) is 0.316. The third-order valence-corrected chi connectivity index (χ3v) is 4.00. The van der Waals surface area contributed by atoms with Crippen molar-refractivity contribution in [2.45, 2.75) is 26.2 Å². The lowest BCUT2D eigenvalue weighted by molar-refractivity contribution is 0.102. The topological polar surface area (TPSA) is 47.6 Å². The number of nitrogens with one attached hydrogen (secondary N) is 1. The Bertz CT molecular complexity index is 643. The molecule has 23 heavy (non-hydrogen) atoms. The average Bonchev–Trinajstić information content (AvgIpc) is 2.60. The molecule has 0 aliphatic heterocycles. The second kappa shape index (κ2) is 7.68. The van der Waals surface area contributed by atoms with E-state index in [9.17, 15) is 4.79 Å². The molecule has 2 rings (SSSR count). The number of anilines is 1. The Kier molecular flexibility index (Phi) is 5.63. The number of carbonyl (C=O) groups is 1. The zero-order chi connectivity index (χ0) is 16.8. The predicted molar refractivity (Wildman–Crippen MR) is 92.6 cm³/mol. The summed E-state index contributed by atoms with van der Waals surface area (Å²) in [4.78, 5) is 12.6. The van der Waals surface area contributed by atoms with Crippen LogP contribution in [0.1, 0.15) is 42.1 Å². The summed E-state index contributed by atoms with van der Waals surface area (Å²) in [6.45, 7) is 4.35. The summed E-state index contributed by atoms with van der Waals surface area (Å²) in [6.07, 6.45) is 1.09. The Morgan fingerprint density at radius 3 is 2.09 bits per heavy atom. The summed E-state index contributed by atoms with van der Waals surface area (Å²) in [6, 6.07) is 13.2. The van der Waals surface area contributed by atoms with Crippen LogP contribution in [0.25, 0.3) is 0 Å². The Hall–Kier alpha value is -2.49. The highest BCUT2D eigenvalue weighted by Crippen LogP contribution is 2.29. The van der Waals surface area contributed by atoms with Gasteiger partial charge in [-0.2, -0.15) is 0 Å². The Balaban J connectivity index is 2.22. The quantitative estimate of drug-likeness (QED) is 0.856. The number of hydrogen-bond donors (Lipinski definition) is 1. The number of hydrogen-bond acceptors (Lipinski definition) is 3. The molecule has 1 atom stereocenters. The van der Waals surface area contributed by atoms with Crippen molar-refractivity contribution in [3.63, 3.8) is 0 Å². The van der Waals surface area contributed by atoms with Crippen LogP contribution in [0.15, 0.2) is 42.5 Å². The van der Waals surface area contributed by atoms with Gasteiger partial charge in [-0.3, -0.25) is 4.79 Å². The SMILES string of the molecule is CC[C@H](C)c1ccc(NC(=O)c2c(OC)cccc2OC)cc1. The molecule has 4 heteroatoms. The molecule has 2 aromatic rings. The fourth-order valence-corrected chi connectivity index (χ4v) is 2.40. The van der Waals surface area contributed by atoms with Crippen LogP contribution in [0.5, 0.6) is 11.5 Å². The van der Waals surface area contributed by atoms with Crippen LogP contribution in [0, 0.1) is 0 Å². The normalized spacial score (nSPS) is 11.7. The van der Waals surface area contributed by atoms with E-state index in [4.69, 9.17) is 9.47 Å². The van der Waals surface area contributed by atoms with Gasteiger partial charge in [-0.15, -0.1) is 0 Å². The second-order valence-electron chi connectivity index (χ2n) is 5.42. The van der Waals surface area contributed by atoms with Gasteiger partial charge in [-0.1, -0.05) is 32.0 Å². The number of rotatable bonds is 6. The molecule has 2 aromatic carbocycles. The van der Waals surface area contributed by atoms with Crippen LogP contribution < -0.4 is 14.8 Å². The zero-order valence-corrected chi connectivity index (χ0v) is 14.1. The molecule has 0 saturated heterocycles. The molecule has 4 nitrogen and oxygen atoms in total. The Morgan fingerprint density at radius 2 is 1.61 bits per heavy atom. The Morgan fingerprint density at radius 1 is 1.04 bits per heavy atom. The number of amides is 1. The standard InChI is InChI=1S/C19H23NO3/c1-5-13(2)14-9-11-15(12-10-14)20-19(21)18-16(22-3)7-6-8-17(18)23-4/h6-13H,5H2,1-4H3,(H,20,21)/t13-/m0/s1. The molecule has 0 saturated carbocycles. The third-order valence-electron chi connectivity index (χ3n) is 4.00. The van der Waals surface area contributed by atoms with E-state index < -0.39 is 0 Å². The lowest BCUT2D eigenvalue weighted by atomic mass is 9.98. The van der Waals surface area contributed by atoms with Gasteiger partial charge in [0.15, 0.2) is 0 Å². The summed E-state index contributed by atoms with van der Waals surface area (Å²) < 4.78 is 10.5. The molecular formula is C19H23NO3. The first-order valence-electron chi connectivity index (χ1n) is 7.73. The number of carbonyl (C=O) groups excluding carboxylic acids is 1. The van der Waals surface area contributed by atoms with Crippen LogP contribution in [0.2, 0.25) is 0 Å². The van der Waals surface area contributed by atoms with Crippen LogP contribution in [0.3, 0.4) is 0 Å². The molecule has 0 radical (unpaired) electrons.